The van der Waals surface area contributed by atoms with Crippen molar-refractivity contribution in [2.75, 3.05) is 40.9 Å². The lowest BCUT2D eigenvalue weighted by atomic mass is 10.0. The van der Waals surface area contributed by atoms with Gasteiger partial charge in [-0.1, -0.05) is 235 Å². The smallest absolute Gasteiger partial charge is 0.387 e. The van der Waals surface area contributed by atoms with Gasteiger partial charge in [0, 0.05) is 6.42 Å². The van der Waals surface area contributed by atoms with Crippen LogP contribution in [0.1, 0.15) is 251 Å². The number of phosphoric ester groups is 1. The zero-order valence-corrected chi connectivity index (χ0v) is 45.5. The first-order chi connectivity index (χ1) is 32.5. The van der Waals surface area contributed by atoms with Gasteiger partial charge in [-0.15, -0.1) is 0 Å². The summed E-state index contributed by atoms with van der Waals surface area (Å²) in [6, 6.07) is -0.874. The van der Waals surface area contributed by atoms with Gasteiger partial charge in [-0.25, -0.2) is 4.57 Å². The van der Waals surface area contributed by atoms with E-state index < -0.39 is 20.0 Å². The highest BCUT2D eigenvalue weighted by Crippen LogP contribution is 2.43. The van der Waals surface area contributed by atoms with Crippen LogP contribution in [0.25, 0.3) is 0 Å². The van der Waals surface area contributed by atoms with E-state index in [2.05, 4.69) is 67.8 Å². The van der Waals surface area contributed by atoms with Crippen molar-refractivity contribution < 1.29 is 32.9 Å². The number of aliphatic hydroxyl groups excluding tert-OH is 1. The first kappa shape index (κ1) is 65.2. The van der Waals surface area contributed by atoms with Gasteiger partial charge in [-0.2, -0.15) is 0 Å². The molecule has 8 nitrogen and oxygen atoms in total. The van der Waals surface area contributed by atoms with Crippen molar-refractivity contribution in [1.82, 2.24) is 5.32 Å². The van der Waals surface area contributed by atoms with Gasteiger partial charge < -0.3 is 19.8 Å². The van der Waals surface area contributed by atoms with Crippen LogP contribution < -0.4 is 5.32 Å². The standard InChI is InChI=1S/C58H109N2O6P/c1-6-8-10-12-14-16-18-20-22-24-26-28-29-30-32-33-35-37-39-41-43-45-47-49-51-57(61)56(55-66-67(63,64)65-54-53-60(3,4)5)59-58(62)52-50-48-46-44-42-40-38-36-34-31-27-25-23-21-19-17-15-13-11-9-7-2/h19,21,25,27,34,36,41,43,49,51,56-57,61H,6-18,20,22-24,26,28-33,35,37-40,42,44-48,50,52-55H2,1-5H3,(H-,59,62,63,64)/p+1/b21-19-,27-25-,36-34-,43-41+,51-49+. The Balaban J connectivity index is 4.32. The highest BCUT2D eigenvalue weighted by molar-refractivity contribution is 7.47. The van der Waals surface area contributed by atoms with Crippen molar-refractivity contribution in [2.45, 2.75) is 264 Å². The Kier molecular flexibility index (Phi) is 47.9. The number of allylic oxidation sites excluding steroid dienone is 9. The summed E-state index contributed by atoms with van der Waals surface area (Å²) in [4.78, 5) is 23.3. The Morgan fingerprint density at radius 2 is 0.866 bits per heavy atom. The summed E-state index contributed by atoms with van der Waals surface area (Å²) >= 11 is 0. The molecule has 0 aliphatic rings. The van der Waals surface area contributed by atoms with E-state index in [1.165, 1.54) is 167 Å². The van der Waals surface area contributed by atoms with E-state index in [1.807, 2.05) is 27.2 Å². The molecule has 0 saturated carbocycles. The second-order valence-corrected chi connectivity index (χ2v) is 21.8. The first-order valence-corrected chi connectivity index (χ1v) is 29.7. The molecule has 0 bridgehead atoms. The molecule has 392 valence electrons. The van der Waals surface area contributed by atoms with Crippen LogP contribution >= 0.6 is 7.82 Å². The second-order valence-electron chi connectivity index (χ2n) is 20.3. The summed E-state index contributed by atoms with van der Waals surface area (Å²) in [5.41, 5.74) is 0. The summed E-state index contributed by atoms with van der Waals surface area (Å²) in [6.45, 7) is 4.79. The molecule has 0 saturated heterocycles. The normalized spacial score (nSPS) is 14.4. The van der Waals surface area contributed by atoms with Crippen LogP contribution in [0.4, 0.5) is 0 Å². The lowest BCUT2D eigenvalue weighted by Gasteiger charge is -2.25. The molecular weight excluding hydrogens is 852 g/mol. The average molecular weight is 962 g/mol. The van der Waals surface area contributed by atoms with Gasteiger partial charge in [0.15, 0.2) is 0 Å². The summed E-state index contributed by atoms with van der Waals surface area (Å²) in [7, 11) is 1.54. The average Bonchev–Trinajstić information content (AvgIpc) is 3.29. The molecule has 0 aromatic rings. The molecule has 0 rings (SSSR count). The minimum absolute atomic E-state index is 0.0513. The highest BCUT2D eigenvalue weighted by atomic mass is 31.2. The molecule has 9 heteroatoms. The molecule has 3 N–H and O–H groups in total. The van der Waals surface area contributed by atoms with Crippen LogP contribution in [-0.4, -0.2) is 73.4 Å². The number of hydrogen-bond donors (Lipinski definition) is 3. The predicted octanol–water partition coefficient (Wildman–Crippen LogP) is 16.9. The summed E-state index contributed by atoms with van der Waals surface area (Å²) in [6.07, 6.45) is 66.0. The van der Waals surface area contributed by atoms with E-state index >= 15 is 0 Å². The number of phosphoric acid groups is 1. The van der Waals surface area contributed by atoms with E-state index in [9.17, 15) is 19.4 Å². The zero-order valence-electron chi connectivity index (χ0n) is 44.6. The molecular formula is C58H110N2O6P+. The number of hydrogen-bond acceptors (Lipinski definition) is 5. The SMILES string of the molecule is CCCCCCC/C=C\C/C=C\C/C=C\CCCCCCCCC(=O)NC(COP(=O)(O)OCC[N+](C)(C)C)C(O)/C=C/CC/C=C/CCCCCCCCCCCCCCCCCCCC. The number of unbranched alkanes of at least 4 members (excludes halogenated alkanes) is 30. The van der Waals surface area contributed by atoms with E-state index in [1.54, 1.807) is 6.08 Å². The predicted molar refractivity (Wildman–Crippen MR) is 290 cm³/mol. The largest absolute Gasteiger partial charge is 0.472 e. The summed E-state index contributed by atoms with van der Waals surface area (Å²) < 4.78 is 23.7. The van der Waals surface area contributed by atoms with Gasteiger partial charge in [0.2, 0.25) is 5.91 Å². The molecule has 0 aliphatic heterocycles. The maximum atomic E-state index is 13.0. The number of rotatable bonds is 51. The molecule has 0 fully saturated rings. The van der Waals surface area contributed by atoms with Crippen molar-refractivity contribution in [3.63, 3.8) is 0 Å². The Morgan fingerprint density at radius 1 is 0.507 bits per heavy atom. The number of amides is 1. The third-order valence-corrected chi connectivity index (χ3v) is 13.4. The topological polar surface area (TPSA) is 105 Å². The highest BCUT2D eigenvalue weighted by Gasteiger charge is 2.27. The number of quaternary nitrogens is 1. The fraction of sp³-hybridized carbons (Fsp3) is 0.810. The van der Waals surface area contributed by atoms with Crippen molar-refractivity contribution in [3.05, 3.63) is 60.8 Å². The lowest BCUT2D eigenvalue weighted by Crippen LogP contribution is -2.45. The number of likely N-dealkylation sites (N-methyl/N-ethyl adjacent to an activating group) is 1. The van der Waals surface area contributed by atoms with Crippen LogP contribution in [0.15, 0.2) is 60.8 Å². The monoisotopic (exact) mass is 962 g/mol. The molecule has 67 heavy (non-hydrogen) atoms. The van der Waals surface area contributed by atoms with Gasteiger partial charge >= 0.3 is 7.82 Å². The number of nitrogens with one attached hydrogen (secondary N) is 1. The number of carbonyl (C=O) groups excluding carboxylic acids is 1. The van der Waals surface area contributed by atoms with Gasteiger partial charge in [-0.3, -0.25) is 13.8 Å². The van der Waals surface area contributed by atoms with E-state index in [-0.39, 0.29) is 19.1 Å². The maximum Gasteiger partial charge on any atom is 0.472 e. The molecule has 3 atom stereocenters. The van der Waals surface area contributed by atoms with Gasteiger partial charge in [0.25, 0.3) is 0 Å². The summed E-state index contributed by atoms with van der Waals surface area (Å²) in [5.74, 6) is -0.199. The third kappa shape index (κ3) is 51.9. The quantitative estimate of drug-likeness (QED) is 0.0243. The van der Waals surface area contributed by atoms with Gasteiger partial charge in [0.1, 0.15) is 13.2 Å². The Hall–Kier alpha value is -1.80. The second kappa shape index (κ2) is 49.2. The van der Waals surface area contributed by atoms with Crippen LogP contribution in [0.2, 0.25) is 0 Å². The van der Waals surface area contributed by atoms with Crippen LogP contribution in [0.3, 0.4) is 0 Å². The minimum Gasteiger partial charge on any atom is -0.387 e. The molecule has 0 heterocycles. The molecule has 0 aromatic carbocycles. The van der Waals surface area contributed by atoms with Crippen molar-refractivity contribution in [3.8, 4) is 0 Å². The maximum absolute atomic E-state index is 13.0. The molecule has 1 amide bonds. The van der Waals surface area contributed by atoms with E-state index in [0.29, 0.717) is 17.4 Å². The molecule has 0 spiro atoms. The lowest BCUT2D eigenvalue weighted by molar-refractivity contribution is -0.870. The third-order valence-electron chi connectivity index (χ3n) is 12.5. The molecule has 0 radical (unpaired) electrons. The van der Waals surface area contributed by atoms with E-state index in [0.717, 1.165) is 64.2 Å². The fourth-order valence-electron chi connectivity index (χ4n) is 8.01. The fourth-order valence-corrected chi connectivity index (χ4v) is 8.74. The zero-order chi connectivity index (χ0) is 49.2. The van der Waals surface area contributed by atoms with Crippen molar-refractivity contribution in [1.29, 1.82) is 0 Å². The first-order valence-electron chi connectivity index (χ1n) is 28.2. The molecule has 3 unspecified atom stereocenters. The number of carbonyl (C=O) groups is 1. The Bertz CT molecular complexity index is 1270. The molecule has 0 aromatic heterocycles. The minimum atomic E-state index is -4.36. The van der Waals surface area contributed by atoms with Crippen molar-refractivity contribution in [2.24, 2.45) is 0 Å². The Morgan fingerprint density at radius 3 is 1.30 bits per heavy atom. The van der Waals surface area contributed by atoms with Crippen LogP contribution in [-0.2, 0) is 18.4 Å². The summed E-state index contributed by atoms with van der Waals surface area (Å²) in [5, 5.41) is 13.9. The van der Waals surface area contributed by atoms with Crippen LogP contribution in [0, 0.1) is 0 Å². The molecule has 0 aliphatic carbocycles. The van der Waals surface area contributed by atoms with Gasteiger partial charge in [-0.05, 0) is 70.6 Å². The number of aliphatic hydroxyl groups is 1. The van der Waals surface area contributed by atoms with Crippen LogP contribution in [0.5, 0.6) is 0 Å². The van der Waals surface area contributed by atoms with Gasteiger partial charge in [0.05, 0.1) is 39.9 Å². The van der Waals surface area contributed by atoms with E-state index in [4.69, 9.17) is 9.05 Å². The Labute approximate surface area is 415 Å². The van der Waals surface area contributed by atoms with Crippen molar-refractivity contribution >= 4 is 13.7 Å². The number of nitrogens with zero attached hydrogens (tertiary/aromatic N) is 1.